The van der Waals surface area contributed by atoms with Crippen molar-refractivity contribution >= 4 is 17.2 Å². The minimum absolute atomic E-state index is 0.125. The molecule has 132 valence electrons. The highest BCUT2D eigenvalue weighted by Crippen LogP contribution is 2.32. The van der Waals surface area contributed by atoms with Gasteiger partial charge in [-0.2, -0.15) is 0 Å². The summed E-state index contributed by atoms with van der Waals surface area (Å²) in [5.74, 6) is 1.16. The molecule has 0 spiro atoms. The molecule has 6 nitrogen and oxygen atoms in total. The molecule has 7 heteroatoms. The molecule has 1 aliphatic rings. The molecule has 4 rings (SSSR count). The quantitative estimate of drug-likeness (QED) is 0.750. The minimum Gasteiger partial charge on any atom is -0.454 e. The summed E-state index contributed by atoms with van der Waals surface area (Å²) in [4.78, 5) is 22.1. The fourth-order valence-electron chi connectivity index (χ4n) is 2.71. The Morgan fingerprint density at radius 2 is 2.00 bits per heavy atom. The number of carbonyl (C=O) groups excluding carboxylic acids is 1. The number of hydrogen-bond acceptors (Lipinski definition) is 6. The van der Waals surface area contributed by atoms with Gasteiger partial charge in [0.15, 0.2) is 11.5 Å². The summed E-state index contributed by atoms with van der Waals surface area (Å²) in [5.41, 5.74) is 2.62. The predicted molar refractivity (Wildman–Crippen MR) is 98.7 cm³/mol. The van der Waals surface area contributed by atoms with Gasteiger partial charge in [0.05, 0.1) is 5.69 Å². The van der Waals surface area contributed by atoms with E-state index in [4.69, 9.17) is 9.47 Å². The molecule has 0 bridgehead atoms. The number of thiazole rings is 1. The number of aryl methyl sites for hydroxylation is 1. The molecule has 0 saturated heterocycles. The second-order valence-corrected chi connectivity index (χ2v) is 6.92. The van der Waals surface area contributed by atoms with Crippen LogP contribution in [0.2, 0.25) is 0 Å². The second-order valence-electron chi connectivity index (χ2n) is 5.84. The van der Waals surface area contributed by atoms with Gasteiger partial charge in [-0.1, -0.05) is 0 Å². The zero-order chi connectivity index (χ0) is 17.9. The Hall–Kier alpha value is -2.93. The summed E-state index contributed by atoms with van der Waals surface area (Å²) in [6.07, 6.45) is 4.26. The Balaban J connectivity index is 1.37. The molecule has 0 saturated carbocycles. The highest BCUT2D eigenvalue weighted by atomic mass is 32.1. The highest BCUT2D eigenvalue weighted by Gasteiger charge is 2.16. The normalized spacial score (nSPS) is 12.2. The second kappa shape index (κ2) is 7.13. The van der Waals surface area contributed by atoms with E-state index in [1.165, 1.54) is 4.88 Å². The molecule has 0 fully saturated rings. The van der Waals surface area contributed by atoms with E-state index in [1.54, 1.807) is 41.9 Å². The van der Waals surface area contributed by atoms with E-state index in [0.29, 0.717) is 23.6 Å². The van der Waals surface area contributed by atoms with Crippen LogP contribution >= 0.6 is 11.3 Å². The highest BCUT2D eigenvalue weighted by molar-refractivity contribution is 7.15. The number of aromatic nitrogens is 2. The van der Waals surface area contributed by atoms with E-state index in [2.05, 4.69) is 15.3 Å². The van der Waals surface area contributed by atoms with Gasteiger partial charge < -0.3 is 14.8 Å². The number of pyridine rings is 1. The van der Waals surface area contributed by atoms with Crippen molar-refractivity contribution in [3.63, 3.8) is 0 Å². The van der Waals surface area contributed by atoms with Gasteiger partial charge in [-0.05, 0) is 37.3 Å². The van der Waals surface area contributed by atoms with E-state index in [1.807, 2.05) is 19.1 Å². The lowest BCUT2D eigenvalue weighted by Gasteiger charge is -2.05. The summed E-state index contributed by atoms with van der Waals surface area (Å²) in [5, 5.41) is 3.92. The average molecular weight is 367 g/mol. The van der Waals surface area contributed by atoms with Gasteiger partial charge in [0.1, 0.15) is 5.01 Å². The zero-order valence-electron chi connectivity index (χ0n) is 14.2. The maximum atomic E-state index is 12.3. The molecule has 1 amide bonds. The molecule has 1 N–H and O–H groups in total. The lowest BCUT2D eigenvalue weighted by atomic mass is 10.2. The number of rotatable bonds is 5. The van der Waals surface area contributed by atoms with Crippen LogP contribution in [0, 0.1) is 6.92 Å². The molecule has 3 aromatic rings. The topological polar surface area (TPSA) is 73.3 Å². The lowest BCUT2D eigenvalue weighted by molar-refractivity contribution is 0.0953. The van der Waals surface area contributed by atoms with Crippen LogP contribution in [0.3, 0.4) is 0 Å². The minimum atomic E-state index is -0.125. The van der Waals surface area contributed by atoms with Crippen LogP contribution in [0.4, 0.5) is 0 Å². The van der Waals surface area contributed by atoms with E-state index >= 15 is 0 Å². The summed E-state index contributed by atoms with van der Waals surface area (Å²) in [6, 6.07) is 9.10. The van der Waals surface area contributed by atoms with Crippen molar-refractivity contribution in [3.8, 4) is 22.1 Å². The van der Waals surface area contributed by atoms with Gasteiger partial charge in [-0.3, -0.25) is 9.78 Å². The zero-order valence-corrected chi connectivity index (χ0v) is 15.0. The Morgan fingerprint density at radius 1 is 1.19 bits per heavy atom. The van der Waals surface area contributed by atoms with Crippen LogP contribution < -0.4 is 14.8 Å². The molecular weight excluding hydrogens is 350 g/mol. The number of carbonyl (C=O) groups is 1. The van der Waals surface area contributed by atoms with Crippen molar-refractivity contribution < 1.29 is 14.3 Å². The first kappa shape index (κ1) is 16.5. The van der Waals surface area contributed by atoms with Crippen molar-refractivity contribution in [1.82, 2.24) is 15.3 Å². The first-order valence-corrected chi connectivity index (χ1v) is 9.07. The molecule has 0 atom stereocenters. The number of nitrogens with zero attached hydrogens (tertiary/aromatic N) is 2. The van der Waals surface area contributed by atoms with Gasteiger partial charge >= 0.3 is 0 Å². The van der Waals surface area contributed by atoms with Gasteiger partial charge in [-0.15, -0.1) is 11.3 Å². The molecule has 0 unspecified atom stereocenters. The molecule has 1 aromatic carbocycles. The molecule has 0 radical (unpaired) electrons. The summed E-state index contributed by atoms with van der Waals surface area (Å²) in [6.45, 7) is 2.74. The van der Waals surface area contributed by atoms with Crippen molar-refractivity contribution in [3.05, 3.63) is 58.9 Å². The number of benzene rings is 1. The first-order chi connectivity index (χ1) is 12.7. The van der Waals surface area contributed by atoms with Crippen molar-refractivity contribution in [2.24, 2.45) is 0 Å². The smallest absolute Gasteiger partial charge is 0.251 e. The van der Waals surface area contributed by atoms with Crippen LogP contribution in [-0.2, 0) is 6.42 Å². The van der Waals surface area contributed by atoms with E-state index in [-0.39, 0.29) is 12.7 Å². The Kier molecular flexibility index (Phi) is 4.53. The van der Waals surface area contributed by atoms with E-state index in [0.717, 1.165) is 22.7 Å². The number of amides is 1. The van der Waals surface area contributed by atoms with Crippen LogP contribution in [0.25, 0.3) is 10.6 Å². The fraction of sp³-hybridized carbons (Fsp3) is 0.211. The summed E-state index contributed by atoms with van der Waals surface area (Å²) in [7, 11) is 0. The van der Waals surface area contributed by atoms with Crippen LogP contribution in [0.5, 0.6) is 11.5 Å². The number of ether oxygens (including phenoxy) is 2. The summed E-state index contributed by atoms with van der Waals surface area (Å²) >= 11 is 1.65. The van der Waals surface area contributed by atoms with Crippen LogP contribution in [0.15, 0.2) is 42.7 Å². The third-order valence-electron chi connectivity index (χ3n) is 4.09. The Labute approximate surface area is 154 Å². The number of nitrogens with one attached hydrogen (secondary N) is 1. The monoisotopic (exact) mass is 367 g/mol. The Morgan fingerprint density at radius 3 is 2.85 bits per heavy atom. The van der Waals surface area contributed by atoms with Gasteiger partial charge in [0.2, 0.25) is 6.79 Å². The van der Waals surface area contributed by atoms with Crippen molar-refractivity contribution in [2.45, 2.75) is 13.3 Å². The number of fused-ring (bicyclic) bond motifs is 1. The van der Waals surface area contributed by atoms with Gasteiger partial charge in [-0.25, -0.2) is 4.98 Å². The van der Waals surface area contributed by atoms with E-state index in [9.17, 15) is 4.79 Å². The molecular formula is C19H17N3O3S. The predicted octanol–water partition coefficient (Wildman–Crippen LogP) is 3.21. The SMILES string of the molecule is Cc1nc(-c2ccncc2)sc1CCNC(=O)c1ccc2c(c1)OCO2. The fourth-order valence-corrected chi connectivity index (χ4v) is 3.77. The maximum absolute atomic E-state index is 12.3. The third kappa shape index (κ3) is 3.39. The third-order valence-corrected chi connectivity index (χ3v) is 5.36. The van der Waals surface area contributed by atoms with Gasteiger partial charge in [0.25, 0.3) is 5.91 Å². The number of hydrogen-bond donors (Lipinski definition) is 1. The maximum Gasteiger partial charge on any atom is 0.251 e. The molecule has 3 heterocycles. The summed E-state index contributed by atoms with van der Waals surface area (Å²) < 4.78 is 10.6. The van der Waals surface area contributed by atoms with Crippen LogP contribution in [-0.4, -0.2) is 29.2 Å². The Bertz CT molecular complexity index is 940. The molecule has 2 aromatic heterocycles. The molecule has 1 aliphatic heterocycles. The van der Waals surface area contributed by atoms with Crippen molar-refractivity contribution in [1.29, 1.82) is 0 Å². The lowest BCUT2D eigenvalue weighted by Crippen LogP contribution is -2.25. The first-order valence-electron chi connectivity index (χ1n) is 8.25. The average Bonchev–Trinajstić information content (AvgIpc) is 3.28. The van der Waals surface area contributed by atoms with Crippen LogP contribution in [0.1, 0.15) is 20.9 Å². The molecule has 26 heavy (non-hydrogen) atoms. The standard InChI is InChI=1S/C19H17N3O3S/c1-12-17(26-19(22-12)13-4-7-20-8-5-13)6-9-21-18(23)14-2-3-15-16(10-14)25-11-24-15/h2-5,7-8,10H,6,9,11H2,1H3,(H,21,23). The van der Waals surface area contributed by atoms with Crippen molar-refractivity contribution in [2.75, 3.05) is 13.3 Å². The van der Waals surface area contributed by atoms with Gasteiger partial charge in [0, 0.05) is 41.4 Å². The molecule has 0 aliphatic carbocycles. The van der Waals surface area contributed by atoms with E-state index < -0.39 is 0 Å². The largest absolute Gasteiger partial charge is 0.454 e.